The molecule has 3 saturated heterocycles. The summed E-state index contributed by atoms with van der Waals surface area (Å²) in [6, 6.07) is 12.6. The van der Waals surface area contributed by atoms with E-state index < -0.39 is 0 Å². The van der Waals surface area contributed by atoms with Gasteiger partial charge in [-0.3, -0.25) is 4.90 Å². The zero-order valence-electron chi connectivity index (χ0n) is 14.3. The number of ether oxygens (including phenoxy) is 2. The van der Waals surface area contributed by atoms with Crippen molar-refractivity contribution in [2.75, 3.05) is 20.2 Å². The molecule has 0 radical (unpaired) electrons. The molecule has 0 aliphatic carbocycles. The molecule has 3 fully saturated rings. The number of piperidine rings is 3. The molecule has 126 valence electrons. The Morgan fingerprint density at radius 2 is 1.71 bits per heavy atom. The molecular formula is C20H24N2O2. The predicted molar refractivity (Wildman–Crippen MR) is 94.4 cm³/mol. The molecule has 2 bridgehead atoms. The number of hydrogen-bond acceptors (Lipinski definition) is 4. The van der Waals surface area contributed by atoms with Crippen molar-refractivity contribution in [1.29, 1.82) is 0 Å². The lowest BCUT2D eigenvalue weighted by Gasteiger charge is -2.49. The monoisotopic (exact) mass is 324 g/mol. The maximum absolute atomic E-state index is 6.26. The molecule has 0 amide bonds. The van der Waals surface area contributed by atoms with E-state index in [0.29, 0.717) is 12.0 Å². The largest absolute Gasteiger partial charge is 0.497 e. The topological polar surface area (TPSA) is 34.6 Å². The van der Waals surface area contributed by atoms with Crippen molar-refractivity contribution in [3.8, 4) is 22.8 Å². The van der Waals surface area contributed by atoms with E-state index in [-0.39, 0.29) is 6.10 Å². The van der Waals surface area contributed by atoms with Crippen molar-refractivity contribution in [3.63, 3.8) is 0 Å². The van der Waals surface area contributed by atoms with Crippen LogP contribution < -0.4 is 9.47 Å². The van der Waals surface area contributed by atoms with E-state index in [9.17, 15) is 0 Å². The summed E-state index contributed by atoms with van der Waals surface area (Å²) in [5, 5.41) is 0. The molecule has 2 atom stereocenters. The summed E-state index contributed by atoms with van der Waals surface area (Å²) >= 11 is 0. The molecule has 2 unspecified atom stereocenters. The van der Waals surface area contributed by atoms with Crippen LogP contribution in [0.4, 0.5) is 0 Å². The number of methoxy groups -OCH3 is 1. The van der Waals surface area contributed by atoms with Crippen LogP contribution in [0.1, 0.15) is 19.8 Å². The highest BCUT2D eigenvalue weighted by atomic mass is 16.5. The van der Waals surface area contributed by atoms with Gasteiger partial charge in [-0.2, -0.15) is 0 Å². The zero-order chi connectivity index (χ0) is 16.5. The fourth-order valence-corrected chi connectivity index (χ4v) is 4.00. The van der Waals surface area contributed by atoms with E-state index in [1.54, 1.807) is 7.11 Å². The lowest BCUT2D eigenvalue weighted by Crippen LogP contribution is -2.58. The molecule has 4 nitrogen and oxygen atoms in total. The summed E-state index contributed by atoms with van der Waals surface area (Å²) in [4.78, 5) is 7.08. The molecular weight excluding hydrogens is 300 g/mol. The second-order valence-electron chi connectivity index (χ2n) is 6.81. The van der Waals surface area contributed by atoms with Crippen LogP contribution >= 0.6 is 0 Å². The first-order valence-corrected chi connectivity index (χ1v) is 8.76. The number of rotatable bonds is 4. The predicted octanol–water partition coefficient (Wildman–Crippen LogP) is 3.62. The number of benzene rings is 1. The van der Waals surface area contributed by atoms with E-state index in [0.717, 1.165) is 22.8 Å². The number of pyridine rings is 1. The first kappa shape index (κ1) is 15.5. The van der Waals surface area contributed by atoms with Crippen LogP contribution in [-0.2, 0) is 0 Å². The van der Waals surface area contributed by atoms with Crippen molar-refractivity contribution in [1.82, 2.24) is 9.88 Å². The third-order valence-corrected chi connectivity index (χ3v) is 5.51. The molecule has 0 saturated carbocycles. The highest BCUT2D eigenvalue weighted by Gasteiger charge is 2.41. The quantitative estimate of drug-likeness (QED) is 0.860. The van der Waals surface area contributed by atoms with Gasteiger partial charge in [-0.1, -0.05) is 12.1 Å². The number of nitrogens with zero attached hydrogens (tertiary/aromatic N) is 2. The Hall–Kier alpha value is -2.07. The van der Waals surface area contributed by atoms with Crippen LogP contribution in [0.15, 0.2) is 42.6 Å². The summed E-state index contributed by atoms with van der Waals surface area (Å²) in [5.74, 6) is 2.27. The van der Waals surface area contributed by atoms with Gasteiger partial charge in [0.05, 0.1) is 7.11 Å². The Bertz CT molecular complexity index is 674. The molecule has 5 rings (SSSR count). The zero-order valence-corrected chi connectivity index (χ0v) is 14.3. The molecule has 0 N–H and O–H groups in total. The average molecular weight is 324 g/mol. The fourth-order valence-electron chi connectivity index (χ4n) is 4.00. The van der Waals surface area contributed by atoms with E-state index in [2.05, 4.69) is 22.9 Å². The van der Waals surface area contributed by atoms with Gasteiger partial charge >= 0.3 is 0 Å². The van der Waals surface area contributed by atoms with Gasteiger partial charge in [-0.05, 0) is 62.5 Å². The smallest absolute Gasteiger partial charge is 0.213 e. The molecule has 4 heterocycles. The van der Waals surface area contributed by atoms with Gasteiger partial charge < -0.3 is 9.47 Å². The molecule has 24 heavy (non-hydrogen) atoms. The maximum Gasteiger partial charge on any atom is 0.213 e. The van der Waals surface area contributed by atoms with Crippen molar-refractivity contribution >= 4 is 0 Å². The fraction of sp³-hybridized carbons (Fsp3) is 0.450. The maximum atomic E-state index is 6.26. The van der Waals surface area contributed by atoms with Gasteiger partial charge in [0, 0.05) is 23.9 Å². The summed E-state index contributed by atoms with van der Waals surface area (Å²) in [6.07, 6.45) is 4.66. The highest BCUT2D eigenvalue weighted by molar-refractivity contribution is 5.63. The van der Waals surface area contributed by atoms with Gasteiger partial charge in [0.25, 0.3) is 0 Å². The Morgan fingerprint density at radius 3 is 2.29 bits per heavy atom. The Labute approximate surface area is 143 Å². The van der Waals surface area contributed by atoms with E-state index in [4.69, 9.17) is 9.47 Å². The second kappa shape index (κ2) is 6.44. The summed E-state index contributed by atoms with van der Waals surface area (Å²) < 4.78 is 11.5. The number of fused-ring (bicyclic) bond motifs is 3. The van der Waals surface area contributed by atoms with E-state index in [1.165, 1.54) is 25.9 Å². The summed E-state index contributed by atoms with van der Waals surface area (Å²) in [6.45, 7) is 4.72. The molecule has 1 aromatic heterocycles. The van der Waals surface area contributed by atoms with E-state index >= 15 is 0 Å². The standard InChI is InChI=1S/C20H24N2O2/c1-14-20(16-9-11-22(14)12-10-16)24-19-8-5-17(13-21-19)15-3-6-18(23-2)7-4-15/h3-8,13-14,16,20H,9-12H2,1-2H3. The van der Waals surface area contributed by atoms with E-state index in [1.807, 2.05) is 36.5 Å². The van der Waals surface area contributed by atoms with Crippen molar-refractivity contribution < 1.29 is 9.47 Å². The molecule has 2 aromatic rings. The van der Waals surface area contributed by atoms with Crippen molar-refractivity contribution in [3.05, 3.63) is 42.6 Å². The van der Waals surface area contributed by atoms with Crippen LogP contribution in [0.5, 0.6) is 11.6 Å². The minimum atomic E-state index is 0.270. The summed E-state index contributed by atoms with van der Waals surface area (Å²) in [5.41, 5.74) is 2.22. The summed E-state index contributed by atoms with van der Waals surface area (Å²) in [7, 11) is 1.68. The van der Waals surface area contributed by atoms with Crippen LogP contribution in [0.25, 0.3) is 11.1 Å². The normalized spacial score (nSPS) is 28.6. The SMILES string of the molecule is COc1ccc(-c2ccc(OC3C4CCN(CC4)C3C)nc2)cc1. The molecule has 1 aromatic carbocycles. The third-order valence-electron chi connectivity index (χ3n) is 5.51. The first-order chi connectivity index (χ1) is 11.7. The second-order valence-corrected chi connectivity index (χ2v) is 6.81. The minimum absolute atomic E-state index is 0.270. The van der Waals surface area contributed by atoms with Gasteiger partial charge in [0.2, 0.25) is 5.88 Å². The highest BCUT2D eigenvalue weighted by Crippen LogP contribution is 2.34. The Balaban J connectivity index is 1.47. The van der Waals surface area contributed by atoms with Gasteiger partial charge in [0.1, 0.15) is 11.9 Å². The molecule has 3 aliphatic heterocycles. The third kappa shape index (κ3) is 2.86. The molecule has 3 aliphatic rings. The number of aromatic nitrogens is 1. The Morgan fingerprint density at radius 1 is 1.00 bits per heavy atom. The first-order valence-electron chi connectivity index (χ1n) is 8.76. The van der Waals surface area contributed by atoms with Crippen molar-refractivity contribution in [2.24, 2.45) is 5.92 Å². The lowest BCUT2D eigenvalue weighted by molar-refractivity contribution is -0.0525. The van der Waals surface area contributed by atoms with Crippen LogP contribution in [0, 0.1) is 5.92 Å². The van der Waals surface area contributed by atoms with Crippen LogP contribution in [-0.4, -0.2) is 42.2 Å². The molecule has 4 heteroatoms. The average Bonchev–Trinajstić information content (AvgIpc) is 2.66. The van der Waals surface area contributed by atoms with Crippen molar-refractivity contribution in [2.45, 2.75) is 31.9 Å². The van der Waals surface area contributed by atoms with Crippen LogP contribution in [0.3, 0.4) is 0 Å². The van der Waals surface area contributed by atoms with Gasteiger partial charge in [0.15, 0.2) is 0 Å². The Kier molecular flexibility index (Phi) is 4.15. The minimum Gasteiger partial charge on any atom is -0.497 e. The van der Waals surface area contributed by atoms with Crippen LogP contribution in [0.2, 0.25) is 0 Å². The molecule has 0 spiro atoms. The number of hydrogen-bond donors (Lipinski definition) is 0. The van der Waals surface area contributed by atoms with Gasteiger partial charge in [-0.15, -0.1) is 0 Å². The lowest BCUT2D eigenvalue weighted by atomic mass is 9.81. The van der Waals surface area contributed by atoms with Gasteiger partial charge in [-0.25, -0.2) is 4.98 Å².